The third kappa shape index (κ3) is 3.79. The maximum atomic E-state index is 11.1. The largest absolute Gasteiger partial charge is 0.388 e. The van der Waals surface area contributed by atoms with E-state index in [1.54, 1.807) is 0 Å². The molecule has 0 saturated carbocycles. The fourth-order valence-corrected chi connectivity index (χ4v) is 5.00. The molecule has 0 amide bonds. The topological polar surface area (TPSA) is 39.3 Å². The minimum absolute atomic E-state index is 0.0600. The maximum Gasteiger partial charge on any atom is 0.0799 e. The molecule has 3 nitrogen and oxygen atoms in total. The number of aromatic amines is 1. The van der Waals surface area contributed by atoms with Crippen LogP contribution in [0.1, 0.15) is 35.6 Å². The molecular formula is C27H28N2O. The average Bonchev–Trinajstić information content (AvgIpc) is 3.42. The van der Waals surface area contributed by atoms with E-state index in [9.17, 15) is 5.11 Å². The lowest BCUT2D eigenvalue weighted by Gasteiger charge is -2.33. The van der Waals surface area contributed by atoms with Gasteiger partial charge >= 0.3 is 0 Å². The van der Waals surface area contributed by atoms with Crippen LogP contribution in [0, 0.1) is 0 Å². The Morgan fingerprint density at radius 1 is 0.933 bits per heavy atom. The molecule has 0 bridgehead atoms. The summed E-state index contributed by atoms with van der Waals surface area (Å²) >= 11 is 0. The maximum absolute atomic E-state index is 11.1. The first-order valence-electron chi connectivity index (χ1n) is 10.8. The fraction of sp³-hybridized carbons (Fsp3) is 0.259. The van der Waals surface area contributed by atoms with Crippen LogP contribution in [0.2, 0.25) is 0 Å². The Morgan fingerprint density at radius 3 is 2.50 bits per heavy atom. The van der Waals surface area contributed by atoms with Crippen LogP contribution in [-0.2, 0) is 12.0 Å². The number of rotatable bonds is 6. The van der Waals surface area contributed by atoms with Gasteiger partial charge in [0.1, 0.15) is 0 Å². The molecule has 2 heterocycles. The second-order valence-corrected chi connectivity index (χ2v) is 8.64. The number of likely N-dealkylation sites (tertiary alicyclic amines) is 1. The van der Waals surface area contributed by atoms with Crippen LogP contribution in [0.15, 0.2) is 91.1 Å². The van der Waals surface area contributed by atoms with Crippen LogP contribution in [0.3, 0.4) is 0 Å². The highest BCUT2D eigenvalue weighted by molar-refractivity contribution is 5.80. The third-order valence-electron chi connectivity index (χ3n) is 6.62. The number of nitrogens with one attached hydrogen (secondary N) is 1. The molecule has 1 saturated heterocycles. The van der Waals surface area contributed by atoms with Crippen LogP contribution in [0.5, 0.6) is 0 Å². The molecule has 1 fully saturated rings. The van der Waals surface area contributed by atoms with E-state index in [0.29, 0.717) is 0 Å². The van der Waals surface area contributed by atoms with Gasteiger partial charge in [0.25, 0.3) is 0 Å². The number of hydrogen-bond donors (Lipinski definition) is 2. The summed E-state index contributed by atoms with van der Waals surface area (Å²) in [4.78, 5) is 5.83. The molecule has 4 aromatic rings. The van der Waals surface area contributed by atoms with Crippen molar-refractivity contribution in [2.24, 2.45) is 0 Å². The van der Waals surface area contributed by atoms with Gasteiger partial charge < -0.3 is 10.1 Å². The van der Waals surface area contributed by atoms with Crippen molar-refractivity contribution in [1.82, 2.24) is 9.88 Å². The summed E-state index contributed by atoms with van der Waals surface area (Å²) in [5, 5.41) is 12.4. The molecule has 152 valence electrons. The lowest BCUT2D eigenvalue weighted by molar-refractivity contribution is 0.130. The summed E-state index contributed by atoms with van der Waals surface area (Å²) in [7, 11) is 0. The predicted octanol–water partition coefficient (Wildman–Crippen LogP) is 5.44. The third-order valence-corrected chi connectivity index (χ3v) is 6.62. The number of H-pyrrole nitrogens is 1. The van der Waals surface area contributed by atoms with E-state index >= 15 is 0 Å². The zero-order valence-electron chi connectivity index (χ0n) is 17.2. The molecular weight excluding hydrogens is 368 g/mol. The Kier molecular flexibility index (Phi) is 5.16. The van der Waals surface area contributed by atoms with E-state index in [1.165, 1.54) is 16.5 Å². The van der Waals surface area contributed by atoms with Crippen LogP contribution in [0.4, 0.5) is 0 Å². The van der Waals surface area contributed by atoms with E-state index in [4.69, 9.17) is 0 Å². The average molecular weight is 397 g/mol. The highest BCUT2D eigenvalue weighted by Gasteiger charge is 2.41. The number of fused-ring (bicyclic) bond motifs is 1. The van der Waals surface area contributed by atoms with E-state index in [1.807, 2.05) is 36.5 Å². The van der Waals surface area contributed by atoms with Crippen molar-refractivity contribution >= 4 is 10.9 Å². The molecule has 2 unspecified atom stereocenters. The standard InChI is InChI=1S/C27H28N2O/c30-26(22-9-5-2-6-10-22)18-27(24-11-12-25-23(17-24)13-15-28-25)14-16-29(20-27)19-21-7-3-1-4-8-21/h1-13,15,17,26,28,30H,14,16,18-20H2. The van der Waals surface area contributed by atoms with E-state index < -0.39 is 6.10 Å². The summed E-state index contributed by atoms with van der Waals surface area (Å²) in [5.41, 5.74) is 4.78. The number of nitrogens with zero attached hydrogens (tertiary/aromatic N) is 1. The van der Waals surface area contributed by atoms with Gasteiger partial charge in [0.15, 0.2) is 0 Å². The Morgan fingerprint density at radius 2 is 1.70 bits per heavy atom. The fourth-order valence-electron chi connectivity index (χ4n) is 5.00. The monoisotopic (exact) mass is 396 g/mol. The lowest BCUT2D eigenvalue weighted by Crippen LogP contribution is -2.33. The number of aliphatic hydroxyl groups excluding tert-OH is 1. The first kappa shape index (κ1) is 19.1. The SMILES string of the molecule is OC(CC1(c2ccc3[nH]ccc3c2)CCN(Cc2ccccc2)C1)c1ccccc1. The normalized spacial score (nSPS) is 20.6. The molecule has 1 aliphatic heterocycles. The first-order valence-corrected chi connectivity index (χ1v) is 10.8. The number of aromatic nitrogens is 1. The van der Waals surface area contributed by atoms with E-state index in [2.05, 4.69) is 64.5 Å². The van der Waals surface area contributed by atoms with Crippen molar-refractivity contribution in [1.29, 1.82) is 0 Å². The molecule has 1 aromatic heterocycles. The van der Waals surface area contributed by atoms with Crippen molar-refractivity contribution < 1.29 is 5.11 Å². The van der Waals surface area contributed by atoms with Gasteiger partial charge in [-0.3, -0.25) is 4.90 Å². The minimum atomic E-state index is -0.468. The summed E-state index contributed by atoms with van der Waals surface area (Å²) in [5.74, 6) is 0. The van der Waals surface area contributed by atoms with E-state index in [-0.39, 0.29) is 5.41 Å². The van der Waals surface area contributed by atoms with Crippen molar-refractivity contribution in [3.05, 3.63) is 108 Å². The number of hydrogen-bond acceptors (Lipinski definition) is 2. The van der Waals surface area contributed by atoms with Crippen LogP contribution >= 0.6 is 0 Å². The predicted molar refractivity (Wildman–Crippen MR) is 122 cm³/mol. The zero-order valence-corrected chi connectivity index (χ0v) is 17.2. The summed E-state index contributed by atoms with van der Waals surface area (Å²) < 4.78 is 0. The van der Waals surface area contributed by atoms with Gasteiger partial charge in [0.05, 0.1) is 6.10 Å². The second-order valence-electron chi connectivity index (χ2n) is 8.64. The highest BCUT2D eigenvalue weighted by Crippen LogP contribution is 2.43. The number of benzene rings is 3. The summed E-state index contributed by atoms with van der Waals surface area (Å²) in [6.45, 7) is 2.96. The molecule has 2 N–H and O–H groups in total. The van der Waals surface area contributed by atoms with Crippen molar-refractivity contribution in [2.75, 3.05) is 13.1 Å². The molecule has 2 atom stereocenters. The lowest BCUT2D eigenvalue weighted by atomic mass is 9.74. The number of aliphatic hydroxyl groups is 1. The molecule has 3 aromatic carbocycles. The highest BCUT2D eigenvalue weighted by atomic mass is 16.3. The summed E-state index contributed by atoms with van der Waals surface area (Å²) in [6.07, 6.45) is 3.32. The van der Waals surface area contributed by atoms with Crippen LogP contribution in [-0.4, -0.2) is 28.1 Å². The Hall–Kier alpha value is -2.88. The Balaban J connectivity index is 1.46. The quantitative estimate of drug-likeness (QED) is 0.456. The van der Waals surface area contributed by atoms with Gasteiger partial charge in [-0.2, -0.15) is 0 Å². The van der Waals surface area contributed by atoms with Crippen LogP contribution < -0.4 is 0 Å². The van der Waals surface area contributed by atoms with Crippen molar-refractivity contribution in [2.45, 2.75) is 30.9 Å². The van der Waals surface area contributed by atoms with Crippen molar-refractivity contribution in [3.8, 4) is 0 Å². The molecule has 1 aliphatic rings. The van der Waals surface area contributed by atoms with Crippen LogP contribution in [0.25, 0.3) is 10.9 Å². The molecule has 30 heavy (non-hydrogen) atoms. The van der Waals surface area contributed by atoms with Crippen molar-refractivity contribution in [3.63, 3.8) is 0 Å². The second kappa shape index (κ2) is 8.10. The van der Waals surface area contributed by atoms with E-state index in [0.717, 1.165) is 43.6 Å². The van der Waals surface area contributed by atoms with Gasteiger partial charge in [-0.05, 0) is 59.7 Å². The molecule has 5 rings (SSSR count). The first-order chi connectivity index (χ1) is 14.7. The van der Waals surface area contributed by atoms with Gasteiger partial charge in [0, 0.05) is 30.2 Å². The minimum Gasteiger partial charge on any atom is -0.388 e. The zero-order chi connectivity index (χ0) is 20.4. The smallest absolute Gasteiger partial charge is 0.0799 e. The molecule has 0 spiro atoms. The molecule has 0 aliphatic carbocycles. The van der Waals surface area contributed by atoms with Gasteiger partial charge in [-0.25, -0.2) is 0 Å². The summed E-state index contributed by atoms with van der Waals surface area (Å²) in [6, 6.07) is 29.7. The van der Waals surface area contributed by atoms with Gasteiger partial charge in [0.2, 0.25) is 0 Å². The molecule has 0 radical (unpaired) electrons. The van der Waals surface area contributed by atoms with Gasteiger partial charge in [-0.1, -0.05) is 66.7 Å². The Bertz CT molecular complexity index is 1110. The van der Waals surface area contributed by atoms with Gasteiger partial charge in [-0.15, -0.1) is 0 Å². The Labute approximate surface area is 178 Å². The molecule has 3 heteroatoms.